The molecule has 2 aromatic rings. The number of rotatable bonds is 7. The first-order valence-electron chi connectivity index (χ1n) is 10.0. The number of likely N-dealkylation sites (N-methyl/N-ethyl adjacent to an activating group) is 1. The first-order chi connectivity index (χ1) is 13.4. The molecule has 1 saturated heterocycles. The van der Waals surface area contributed by atoms with E-state index in [1.807, 2.05) is 11.0 Å². The summed E-state index contributed by atoms with van der Waals surface area (Å²) in [5, 5.41) is 0. The van der Waals surface area contributed by atoms with Crippen LogP contribution in [0.3, 0.4) is 0 Å². The Hall–Kier alpha value is -2.47. The van der Waals surface area contributed by atoms with Crippen molar-refractivity contribution in [2.45, 2.75) is 45.2 Å². The zero-order valence-electron chi connectivity index (χ0n) is 17.1. The molecule has 3 rings (SSSR count). The van der Waals surface area contributed by atoms with Gasteiger partial charge in [0.15, 0.2) is 0 Å². The summed E-state index contributed by atoms with van der Waals surface area (Å²) in [4.78, 5) is 25.8. The van der Waals surface area contributed by atoms with Crippen LogP contribution in [0.25, 0.3) is 0 Å². The predicted octanol–water partition coefficient (Wildman–Crippen LogP) is 2.92. The molecule has 0 bridgehead atoms. The van der Waals surface area contributed by atoms with Crippen molar-refractivity contribution in [2.24, 2.45) is 5.92 Å². The monoisotopic (exact) mass is 381 g/mol. The minimum Gasteiger partial charge on any atom is -0.384 e. The molecule has 6 heteroatoms. The van der Waals surface area contributed by atoms with Crippen LogP contribution in [0.15, 0.2) is 42.6 Å². The van der Waals surface area contributed by atoms with Crippen molar-refractivity contribution in [3.63, 3.8) is 0 Å². The Kier molecular flexibility index (Phi) is 6.62. The summed E-state index contributed by atoms with van der Waals surface area (Å²) >= 11 is 0. The lowest BCUT2D eigenvalue weighted by Gasteiger charge is -2.26. The van der Waals surface area contributed by atoms with Crippen LogP contribution < -0.4 is 5.73 Å². The summed E-state index contributed by atoms with van der Waals surface area (Å²) in [7, 11) is 2.06. The van der Waals surface area contributed by atoms with Gasteiger partial charge in [0.2, 0.25) is 5.91 Å². The lowest BCUT2D eigenvalue weighted by Crippen LogP contribution is -2.37. The van der Waals surface area contributed by atoms with Crippen LogP contribution >= 0.6 is 0 Å². The molecule has 1 fully saturated rings. The summed E-state index contributed by atoms with van der Waals surface area (Å²) in [5.74, 6) is 2.14. The van der Waals surface area contributed by atoms with Gasteiger partial charge in [-0.1, -0.05) is 44.2 Å². The van der Waals surface area contributed by atoms with Crippen molar-refractivity contribution >= 4 is 11.7 Å². The van der Waals surface area contributed by atoms with Gasteiger partial charge >= 0.3 is 0 Å². The fraction of sp³-hybridized carbons (Fsp3) is 0.500. The number of nitrogen functional groups attached to an aromatic ring is 1. The molecule has 2 unspecified atom stereocenters. The lowest BCUT2D eigenvalue weighted by molar-refractivity contribution is -0.131. The fourth-order valence-corrected chi connectivity index (χ4v) is 3.93. The second kappa shape index (κ2) is 9.15. The first kappa shape index (κ1) is 20.3. The molecular weight excluding hydrogens is 350 g/mol. The number of amides is 1. The number of anilines is 1. The smallest absolute Gasteiger partial charge is 0.223 e. The maximum atomic E-state index is 13.0. The van der Waals surface area contributed by atoms with Gasteiger partial charge in [0.05, 0.1) is 6.54 Å². The third kappa shape index (κ3) is 5.07. The molecule has 1 aromatic carbocycles. The summed E-state index contributed by atoms with van der Waals surface area (Å²) in [6.07, 6.45) is 3.23. The summed E-state index contributed by atoms with van der Waals surface area (Å²) < 4.78 is 0. The van der Waals surface area contributed by atoms with Gasteiger partial charge in [-0.15, -0.1) is 0 Å². The van der Waals surface area contributed by atoms with Crippen LogP contribution in [0, 0.1) is 5.92 Å². The highest BCUT2D eigenvalue weighted by Gasteiger charge is 2.31. The number of likely N-dealkylation sites (tertiary alicyclic amines) is 1. The van der Waals surface area contributed by atoms with E-state index in [9.17, 15) is 4.79 Å². The van der Waals surface area contributed by atoms with Gasteiger partial charge in [0.25, 0.3) is 0 Å². The number of hydrogen-bond donors (Lipinski definition) is 1. The molecule has 2 atom stereocenters. The Balaban J connectivity index is 1.57. The van der Waals surface area contributed by atoms with E-state index in [2.05, 4.69) is 60.0 Å². The van der Waals surface area contributed by atoms with E-state index in [1.165, 1.54) is 5.56 Å². The van der Waals surface area contributed by atoms with E-state index < -0.39 is 0 Å². The molecule has 0 aliphatic carbocycles. The molecule has 150 valence electrons. The van der Waals surface area contributed by atoms with Crippen LogP contribution in [0.4, 0.5) is 5.82 Å². The largest absolute Gasteiger partial charge is 0.384 e. The van der Waals surface area contributed by atoms with Gasteiger partial charge in [-0.3, -0.25) is 9.69 Å². The van der Waals surface area contributed by atoms with Crippen LogP contribution in [-0.2, 0) is 11.3 Å². The topological polar surface area (TPSA) is 75.4 Å². The van der Waals surface area contributed by atoms with E-state index in [4.69, 9.17) is 5.73 Å². The van der Waals surface area contributed by atoms with E-state index in [0.29, 0.717) is 30.7 Å². The van der Waals surface area contributed by atoms with Gasteiger partial charge in [0, 0.05) is 31.7 Å². The third-order valence-electron chi connectivity index (χ3n) is 5.68. The number of nitrogens with two attached hydrogens (primary N) is 1. The molecular formula is C22H31N5O. The minimum absolute atomic E-state index is 0.249. The van der Waals surface area contributed by atoms with E-state index >= 15 is 0 Å². The molecule has 0 saturated carbocycles. The molecule has 2 heterocycles. The molecule has 1 aliphatic heterocycles. The molecule has 1 aromatic heterocycles. The summed E-state index contributed by atoms with van der Waals surface area (Å²) in [6, 6.07) is 12.4. The van der Waals surface area contributed by atoms with Gasteiger partial charge < -0.3 is 10.6 Å². The first-order valence-corrected chi connectivity index (χ1v) is 10.0. The van der Waals surface area contributed by atoms with E-state index in [-0.39, 0.29) is 11.8 Å². The third-order valence-corrected chi connectivity index (χ3v) is 5.68. The number of nitrogens with zero attached hydrogens (tertiary/aromatic N) is 4. The van der Waals surface area contributed by atoms with Gasteiger partial charge in [0.1, 0.15) is 11.6 Å². The molecule has 0 spiro atoms. The normalized spacial score (nSPS) is 18.0. The summed E-state index contributed by atoms with van der Waals surface area (Å²) in [6.45, 7) is 6.59. The predicted molar refractivity (Wildman–Crippen MR) is 112 cm³/mol. The Bertz CT molecular complexity index is 780. The number of benzene rings is 1. The highest BCUT2D eigenvalue weighted by Crippen LogP contribution is 2.29. The molecule has 1 amide bonds. The maximum absolute atomic E-state index is 13.0. The van der Waals surface area contributed by atoms with Gasteiger partial charge in [-0.2, -0.15) is 0 Å². The van der Waals surface area contributed by atoms with Crippen molar-refractivity contribution < 1.29 is 4.79 Å². The molecule has 2 N–H and O–H groups in total. The van der Waals surface area contributed by atoms with Crippen molar-refractivity contribution in [1.82, 2.24) is 19.8 Å². The van der Waals surface area contributed by atoms with Crippen molar-refractivity contribution in [3.05, 3.63) is 54.0 Å². The highest BCUT2D eigenvalue weighted by molar-refractivity contribution is 5.77. The lowest BCUT2D eigenvalue weighted by atomic mass is 9.85. The molecule has 28 heavy (non-hydrogen) atoms. The maximum Gasteiger partial charge on any atom is 0.223 e. The SMILES string of the molecule is CC(C)C(CC(=O)N1CCC(N(C)Cc2nccc(N)n2)C1)c1ccccc1. The average Bonchev–Trinajstić information content (AvgIpc) is 3.17. The van der Waals surface area contributed by atoms with Crippen LogP contribution in [0.1, 0.15) is 44.0 Å². The van der Waals surface area contributed by atoms with Crippen molar-refractivity contribution in [2.75, 3.05) is 25.9 Å². The second-order valence-electron chi connectivity index (χ2n) is 8.06. The quantitative estimate of drug-likeness (QED) is 0.798. The molecule has 0 radical (unpaired) electrons. The van der Waals surface area contributed by atoms with Crippen molar-refractivity contribution in [3.8, 4) is 0 Å². The Morgan fingerprint density at radius 3 is 2.71 bits per heavy atom. The Morgan fingerprint density at radius 1 is 1.29 bits per heavy atom. The Morgan fingerprint density at radius 2 is 2.04 bits per heavy atom. The fourth-order valence-electron chi connectivity index (χ4n) is 3.93. The Labute approximate surface area is 167 Å². The second-order valence-corrected chi connectivity index (χ2v) is 8.06. The van der Waals surface area contributed by atoms with E-state index in [0.717, 1.165) is 25.3 Å². The standard InChI is InChI=1S/C22H31N5O/c1-16(2)19(17-7-5-4-6-8-17)13-22(28)27-12-10-18(14-27)26(3)15-21-24-11-9-20(23)25-21/h4-9,11,16,18-19H,10,12-15H2,1-3H3,(H2,23,24,25). The van der Waals surface area contributed by atoms with Crippen LogP contribution in [0.2, 0.25) is 0 Å². The van der Waals surface area contributed by atoms with Gasteiger partial charge in [-0.25, -0.2) is 9.97 Å². The van der Waals surface area contributed by atoms with Crippen LogP contribution in [0.5, 0.6) is 0 Å². The molecule has 1 aliphatic rings. The minimum atomic E-state index is 0.249. The average molecular weight is 382 g/mol. The highest BCUT2D eigenvalue weighted by atomic mass is 16.2. The van der Waals surface area contributed by atoms with E-state index in [1.54, 1.807) is 12.3 Å². The number of hydrogen-bond acceptors (Lipinski definition) is 5. The number of carbonyl (C=O) groups excluding carboxylic acids is 1. The molecule has 6 nitrogen and oxygen atoms in total. The van der Waals surface area contributed by atoms with Crippen LogP contribution in [-0.4, -0.2) is 51.9 Å². The van der Waals surface area contributed by atoms with Gasteiger partial charge in [-0.05, 0) is 36.9 Å². The van der Waals surface area contributed by atoms with Crippen molar-refractivity contribution in [1.29, 1.82) is 0 Å². The number of carbonyl (C=O) groups is 1. The zero-order valence-corrected chi connectivity index (χ0v) is 17.1. The zero-order chi connectivity index (χ0) is 20.1. The number of aromatic nitrogens is 2. The summed E-state index contributed by atoms with van der Waals surface area (Å²) in [5.41, 5.74) is 6.99.